The van der Waals surface area contributed by atoms with E-state index in [1.165, 1.54) is 75.9 Å². The van der Waals surface area contributed by atoms with Crippen molar-refractivity contribution in [1.82, 2.24) is 60.0 Å². The number of halogens is 5. The van der Waals surface area contributed by atoms with E-state index in [0.29, 0.717) is 64.5 Å². The SMILES string of the molecule is CC[C@H](C)[C@@H]1NC(=O)[C@H](C)N(C)C(=O)C[C@@H](C(=O)N2CCCC2)NC(=O)[C@H](CC(C)C)N(C)C(=O)[C@H](CC2CCCCC2)N(C)C(=O)[C@@H]2CCCN2C(=O)[C@H](CCC2CCC(C(F)(F)F)CC2F)NC(=O)CN(C)C(=O)[C@H](CC2CCC(Cl)CC2)N(C)C(=O)CN(C)C(=O)CN(C)C1=O. The van der Waals surface area contributed by atoms with Crippen LogP contribution in [-0.2, 0) is 57.5 Å². The zero-order valence-electron chi connectivity index (χ0n) is 60.6. The van der Waals surface area contributed by atoms with Gasteiger partial charge < -0.3 is 60.0 Å². The van der Waals surface area contributed by atoms with Crippen molar-refractivity contribution in [1.29, 1.82) is 0 Å². The maximum Gasteiger partial charge on any atom is 0.391 e. The molecule has 0 bridgehead atoms. The molecule has 29 heteroatoms. The fraction of sp³-hybridized carbons (Fsp3) is 0.829. The average molecular weight is 1430 g/mol. The van der Waals surface area contributed by atoms with E-state index in [0.717, 1.165) is 51.7 Å². The van der Waals surface area contributed by atoms with Crippen LogP contribution < -0.4 is 16.0 Å². The van der Waals surface area contributed by atoms with Crippen LogP contribution in [0.2, 0.25) is 0 Å². The van der Waals surface area contributed by atoms with Gasteiger partial charge >= 0.3 is 6.18 Å². The molecule has 0 aromatic rings. The Morgan fingerprint density at radius 3 is 1.75 bits per heavy atom. The van der Waals surface area contributed by atoms with Gasteiger partial charge in [0.1, 0.15) is 54.5 Å². The summed E-state index contributed by atoms with van der Waals surface area (Å²) in [5, 5.41) is 8.26. The molecule has 6 aliphatic rings. The second-order valence-corrected chi connectivity index (χ2v) is 30.5. The molecule has 24 nitrogen and oxygen atoms in total. The molecule has 0 aromatic carbocycles. The Balaban J connectivity index is 1.40. The Labute approximate surface area is 587 Å². The molecule has 99 heavy (non-hydrogen) atoms. The topological polar surface area (TPSA) is 270 Å². The summed E-state index contributed by atoms with van der Waals surface area (Å²) >= 11 is 6.49. The van der Waals surface area contributed by atoms with Gasteiger partial charge in [0.05, 0.1) is 32.0 Å². The molecular formula is C70H113ClF4N12O12. The molecule has 3 heterocycles. The molecule has 560 valence electrons. The molecule has 6 fully saturated rings. The summed E-state index contributed by atoms with van der Waals surface area (Å²) in [4.78, 5) is 188. The molecule has 0 aromatic heterocycles. The van der Waals surface area contributed by atoms with Gasteiger partial charge in [0.15, 0.2) is 0 Å². The first-order valence-corrected chi connectivity index (χ1v) is 36.6. The van der Waals surface area contributed by atoms with Crippen molar-refractivity contribution in [2.75, 3.05) is 88.6 Å². The number of amides is 12. The maximum absolute atomic E-state index is 15.8. The molecule has 3 saturated carbocycles. The van der Waals surface area contributed by atoms with E-state index in [4.69, 9.17) is 11.6 Å². The van der Waals surface area contributed by atoms with E-state index >= 15 is 23.6 Å². The minimum absolute atomic E-state index is 0.0117. The molecule has 12 amide bonds. The summed E-state index contributed by atoms with van der Waals surface area (Å²) in [6, 6.07) is -10.2. The standard InChI is InChI=1S/C70H113ClF4N12O12/c1-13-43(4)61-69(99)81(8)40-59(90)79(6)41-60(91)83(10)55(36-46-23-28-49(71)29-24-46)66(96)80(7)39-57(88)76-51(30-26-47-25-27-48(37-50(47)72)70(73,74)75)65(95)87-33-19-22-53(87)67(97)85(12)56(35-45-20-15-14-16-21-45)68(98)84(11)54(34-42(2)3)63(93)77-52(64(94)86-31-17-18-32-86)38-58(89)82(9)44(5)62(92)78-61/h42-56,61H,13-41H2,1-12H3,(H,76,88)(H,77,93)(H,78,92)/t43-,44-,46?,47?,48?,49?,50?,51-,52-,53-,54-,55-,56-,61-/m0/s1. The monoisotopic (exact) mass is 1420 g/mol. The predicted octanol–water partition coefficient (Wildman–Crippen LogP) is 5.51. The average Bonchev–Trinajstić information content (AvgIpc) is 1.79. The second kappa shape index (κ2) is 37.0. The Bertz CT molecular complexity index is 2840. The number of rotatable bonds is 12. The quantitative estimate of drug-likeness (QED) is 0.161. The van der Waals surface area contributed by atoms with E-state index in [1.807, 2.05) is 13.8 Å². The molecule has 3 aliphatic carbocycles. The van der Waals surface area contributed by atoms with Gasteiger partial charge in [0.25, 0.3) is 0 Å². The molecule has 3 saturated heterocycles. The number of likely N-dealkylation sites (tertiary alicyclic amines) is 1. The molecule has 3 unspecified atom stereocenters. The number of hydrogen-bond acceptors (Lipinski definition) is 12. The lowest BCUT2D eigenvalue weighted by Gasteiger charge is -2.39. The Kier molecular flexibility index (Phi) is 30.5. The highest BCUT2D eigenvalue weighted by Crippen LogP contribution is 2.43. The summed E-state index contributed by atoms with van der Waals surface area (Å²) in [7, 11) is 9.73. The number of likely N-dealkylation sites (N-methyl/N-ethyl adjacent to an activating group) is 7. The number of hydrogen-bond donors (Lipinski definition) is 3. The van der Waals surface area contributed by atoms with Gasteiger partial charge in [-0.3, -0.25) is 57.5 Å². The Hall–Kier alpha value is -6.35. The fourth-order valence-electron chi connectivity index (χ4n) is 15.1. The highest BCUT2D eigenvalue weighted by molar-refractivity contribution is 6.20. The van der Waals surface area contributed by atoms with Crippen LogP contribution in [0.25, 0.3) is 0 Å². The fourth-order valence-corrected chi connectivity index (χ4v) is 15.4. The first-order chi connectivity index (χ1) is 46.5. The van der Waals surface area contributed by atoms with Crippen molar-refractivity contribution in [3.8, 4) is 0 Å². The largest absolute Gasteiger partial charge is 0.391 e. The van der Waals surface area contributed by atoms with Crippen LogP contribution >= 0.6 is 11.6 Å². The van der Waals surface area contributed by atoms with Crippen LogP contribution in [0.5, 0.6) is 0 Å². The van der Waals surface area contributed by atoms with Crippen LogP contribution in [0.4, 0.5) is 17.6 Å². The van der Waals surface area contributed by atoms with Crippen molar-refractivity contribution < 1.29 is 75.1 Å². The number of alkyl halides is 5. The van der Waals surface area contributed by atoms with Crippen LogP contribution in [0.1, 0.15) is 182 Å². The molecule has 0 radical (unpaired) electrons. The number of fused-ring (bicyclic) bond motifs is 1. The predicted molar refractivity (Wildman–Crippen MR) is 363 cm³/mol. The summed E-state index contributed by atoms with van der Waals surface area (Å²) in [5.41, 5.74) is 0. The van der Waals surface area contributed by atoms with E-state index in [2.05, 4.69) is 16.0 Å². The van der Waals surface area contributed by atoms with Gasteiger partial charge in [-0.05, 0) is 139 Å². The first-order valence-electron chi connectivity index (χ1n) is 36.2. The third-order valence-electron chi connectivity index (χ3n) is 22.2. The normalized spacial score (nSPS) is 31.0. The van der Waals surface area contributed by atoms with E-state index in [1.54, 1.807) is 18.7 Å². The first kappa shape index (κ1) is 81.6. The molecule has 0 spiro atoms. The third-order valence-corrected chi connectivity index (χ3v) is 22.6. The van der Waals surface area contributed by atoms with Crippen molar-refractivity contribution in [2.24, 2.45) is 35.5 Å². The van der Waals surface area contributed by atoms with Gasteiger partial charge in [-0.15, -0.1) is 11.6 Å². The lowest BCUT2D eigenvalue weighted by Crippen LogP contribution is -2.60. The summed E-state index contributed by atoms with van der Waals surface area (Å²) in [6.45, 7) is 7.62. The Morgan fingerprint density at radius 2 is 1.15 bits per heavy atom. The number of nitrogens with one attached hydrogen (secondary N) is 3. The zero-order chi connectivity index (χ0) is 73.5. The van der Waals surface area contributed by atoms with Gasteiger partial charge in [-0.2, -0.15) is 13.2 Å². The Morgan fingerprint density at radius 1 is 0.566 bits per heavy atom. The van der Waals surface area contributed by atoms with Crippen LogP contribution in [0.3, 0.4) is 0 Å². The van der Waals surface area contributed by atoms with Crippen molar-refractivity contribution in [3.63, 3.8) is 0 Å². The van der Waals surface area contributed by atoms with E-state index < -0.39 is 182 Å². The number of nitrogens with zero attached hydrogens (tertiary/aromatic N) is 9. The highest BCUT2D eigenvalue weighted by atomic mass is 35.5. The summed E-state index contributed by atoms with van der Waals surface area (Å²) < 4.78 is 57.4. The molecule has 12 atom stereocenters. The maximum atomic E-state index is 15.8. The van der Waals surface area contributed by atoms with Crippen molar-refractivity contribution in [3.05, 3.63) is 0 Å². The van der Waals surface area contributed by atoms with Gasteiger partial charge in [-0.1, -0.05) is 66.2 Å². The van der Waals surface area contributed by atoms with E-state index in [9.17, 15) is 51.5 Å². The minimum atomic E-state index is -4.61. The molecule has 3 N–H and O–H groups in total. The zero-order valence-corrected chi connectivity index (χ0v) is 61.3. The lowest BCUT2D eigenvalue weighted by atomic mass is 9.78. The van der Waals surface area contributed by atoms with Crippen molar-refractivity contribution >= 4 is 82.5 Å². The molecule has 6 rings (SSSR count). The van der Waals surface area contributed by atoms with Crippen molar-refractivity contribution in [2.45, 2.75) is 248 Å². The van der Waals surface area contributed by atoms with Gasteiger partial charge in [0, 0.05) is 74.3 Å². The lowest BCUT2D eigenvalue weighted by molar-refractivity contribution is -0.190. The molecule has 3 aliphatic heterocycles. The second-order valence-electron chi connectivity index (χ2n) is 29.9. The highest BCUT2D eigenvalue weighted by Gasteiger charge is 2.48. The van der Waals surface area contributed by atoms with Crippen LogP contribution in [0, 0.1) is 35.5 Å². The van der Waals surface area contributed by atoms with Gasteiger partial charge in [-0.25, -0.2) is 4.39 Å². The summed E-state index contributed by atoms with van der Waals surface area (Å²) in [6.07, 6.45) is 0.620. The smallest absolute Gasteiger partial charge is 0.343 e. The minimum Gasteiger partial charge on any atom is -0.343 e. The molecular weight excluding hydrogens is 1310 g/mol. The van der Waals surface area contributed by atoms with Gasteiger partial charge in [0.2, 0.25) is 70.9 Å². The number of carbonyl (C=O) groups excluding carboxylic acids is 12. The number of carbonyl (C=O) groups is 12. The van der Waals surface area contributed by atoms with E-state index in [-0.39, 0.29) is 81.0 Å². The summed E-state index contributed by atoms with van der Waals surface area (Å²) in [5.74, 6) is -11.8. The third kappa shape index (κ3) is 22.1. The van der Waals surface area contributed by atoms with Crippen LogP contribution in [0.15, 0.2) is 0 Å². The van der Waals surface area contributed by atoms with Crippen LogP contribution in [-0.4, -0.2) is 270 Å².